The minimum atomic E-state index is -1.11. The molecule has 17 heavy (non-hydrogen) atoms. The molecule has 0 unspecified atom stereocenters. The zero-order valence-electron chi connectivity index (χ0n) is 8.83. The summed E-state index contributed by atoms with van der Waals surface area (Å²) in [5, 5.41) is 17.9. The average molecular weight is 276 g/mol. The fraction of sp³-hybridized carbons (Fsp3) is 0.556. The lowest BCUT2D eigenvalue weighted by Gasteiger charge is -2.41. The monoisotopic (exact) mass is 276 g/mol. The van der Waals surface area contributed by atoms with E-state index in [4.69, 9.17) is 15.9 Å². The van der Waals surface area contributed by atoms with Gasteiger partial charge in [0.2, 0.25) is 5.91 Å². The van der Waals surface area contributed by atoms with E-state index in [-0.39, 0.29) is 23.6 Å². The van der Waals surface area contributed by atoms with Crippen molar-refractivity contribution in [1.29, 1.82) is 0 Å². The van der Waals surface area contributed by atoms with Crippen LogP contribution >= 0.6 is 23.5 Å². The van der Waals surface area contributed by atoms with Crippen LogP contribution in [0.3, 0.4) is 0 Å². The number of aliphatic hydroxyl groups excluding tert-OH is 1. The second-order valence-corrected chi connectivity index (χ2v) is 6.07. The molecule has 1 fully saturated rings. The van der Waals surface area contributed by atoms with Gasteiger partial charge in [-0.1, -0.05) is 11.8 Å². The van der Waals surface area contributed by atoms with Gasteiger partial charge in [0.1, 0.15) is 5.37 Å². The first-order chi connectivity index (χ1) is 8.11. The molecule has 0 saturated carbocycles. The summed E-state index contributed by atoms with van der Waals surface area (Å²) in [4.78, 5) is 24.0. The van der Waals surface area contributed by atoms with Crippen LogP contribution in [-0.4, -0.2) is 51.3 Å². The number of carboxylic acids is 1. The lowest BCUT2D eigenvalue weighted by molar-refractivity contribution is -0.153. The first-order valence-electron chi connectivity index (χ1n) is 5.02. The summed E-state index contributed by atoms with van der Waals surface area (Å²) in [7, 11) is 0. The second kappa shape index (κ2) is 4.89. The number of β-lactam (4-membered cyclic amide) rings is 1. The Labute approximate surface area is 106 Å². The molecule has 4 N–H and O–H groups in total. The van der Waals surface area contributed by atoms with Crippen LogP contribution in [0.25, 0.3) is 0 Å². The van der Waals surface area contributed by atoms with E-state index in [0.717, 1.165) is 0 Å². The fourth-order valence-electron chi connectivity index (χ4n) is 1.77. The van der Waals surface area contributed by atoms with Crippen LogP contribution in [0.2, 0.25) is 0 Å². The van der Waals surface area contributed by atoms with Gasteiger partial charge >= 0.3 is 5.97 Å². The summed E-state index contributed by atoms with van der Waals surface area (Å²) >= 11 is 2.67. The quantitative estimate of drug-likeness (QED) is 0.579. The number of rotatable bonds is 5. The van der Waals surface area contributed by atoms with Crippen LogP contribution in [0.5, 0.6) is 0 Å². The molecule has 2 aliphatic heterocycles. The minimum absolute atomic E-state index is 0.0353. The predicted octanol–water partition coefficient (Wildman–Crippen LogP) is -0.544. The number of thioether (sulfide) groups is 2. The maximum Gasteiger partial charge on any atom is 0.354 e. The third kappa shape index (κ3) is 1.95. The standard InChI is InChI=1S/C9H12N2O4S2/c10-1-2-16-9-5(8(14)15)11-6(13)4(3-12)7(11)17-9/h4,7,12H,1-3,10H2,(H,14,15)/t4-,7-/m1/s1. The number of aliphatic carboxylic acids is 1. The SMILES string of the molecule is NCCSC1=C(C(=O)O)N2C(=O)[C@@H](CO)[C@H]2S1. The van der Waals surface area contributed by atoms with Crippen molar-refractivity contribution in [3.05, 3.63) is 9.93 Å². The number of amides is 1. The van der Waals surface area contributed by atoms with Crippen molar-refractivity contribution in [3.63, 3.8) is 0 Å². The van der Waals surface area contributed by atoms with Gasteiger partial charge < -0.3 is 15.9 Å². The van der Waals surface area contributed by atoms with E-state index in [0.29, 0.717) is 16.5 Å². The van der Waals surface area contributed by atoms with Gasteiger partial charge in [0.15, 0.2) is 5.70 Å². The largest absolute Gasteiger partial charge is 0.477 e. The molecule has 2 atom stereocenters. The molecule has 0 aliphatic carbocycles. The summed E-state index contributed by atoms with van der Waals surface area (Å²) < 4.78 is 0.609. The van der Waals surface area contributed by atoms with Crippen LogP contribution in [0, 0.1) is 5.92 Å². The van der Waals surface area contributed by atoms with E-state index in [1.807, 2.05) is 0 Å². The van der Waals surface area contributed by atoms with Crippen LogP contribution in [0.1, 0.15) is 0 Å². The molecule has 0 aromatic carbocycles. The molecule has 0 aromatic heterocycles. The maximum atomic E-state index is 11.6. The highest BCUT2D eigenvalue weighted by Crippen LogP contribution is 2.52. The zero-order valence-corrected chi connectivity index (χ0v) is 10.5. The van der Waals surface area contributed by atoms with Gasteiger partial charge in [-0.15, -0.1) is 11.8 Å². The Balaban J connectivity index is 2.20. The average Bonchev–Trinajstić information content (AvgIpc) is 2.62. The molecule has 2 aliphatic rings. The maximum absolute atomic E-state index is 11.6. The zero-order chi connectivity index (χ0) is 12.6. The van der Waals surface area contributed by atoms with Crippen LogP contribution in [-0.2, 0) is 9.59 Å². The molecule has 1 amide bonds. The van der Waals surface area contributed by atoms with Crippen molar-refractivity contribution in [2.45, 2.75) is 5.37 Å². The number of carbonyl (C=O) groups is 2. The van der Waals surface area contributed by atoms with Crippen LogP contribution in [0.4, 0.5) is 0 Å². The van der Waals surface area contributed by atoms with Gasteiger partial charge in [0, 0.05) is 12.3 Å². The summed E-state index contributed by atoms with van der Waals surface area (Å²) in [5.74, 6) is -1.29. The van der Waals surface area contributed by atoms with Crippen LogP contribution < -0.4 is 5.73 Å². The Morgan fingerprint density at radius 3 is 2.82 bits per heavy atom. The van der Waals surface area contributed by atoms with Gasteiger partial charge in [0.05, 0.1) is 16.8 Å². The lowest BCUT2D eigenvalue weighted by atomic mass is 9.99. The Hall–Kier alpha value is -0.700. The number of hydrogen-bond acceptors (Lipinski definition) is 6. The number of nitrogens with two attached hydrogens (primary N) is 1. The van der Waals surface area contributed by atoms with Crippen LogP contribution in [0.15, 0.2) is 9.93 Å². The topological polar surface area (TPSA) is 104 Å². The molecule has 8 heteroatoms. The van der Waals surface area contributed by atoms with Crippen molar-refractivity contribution in [1.82, 2.24) is 4.90 Å². The lowest BCUT2D eigenvalue weighted by Crippen LogP contribution is -2.58. The van der Waals surface area contributed by atoms with Crippen molar-refractivity contribution < 1.29 is 19.8 Å². The van der Waals surface area contributed by atoms with E-state index < -0.39 is 11.9 Å². The third-order valence-corrected chi connectivity index (χ3v) is 5.29. The molecular weight excluding hydrogens is 264 g/mol. The Bertz CT molecular complexity index is 398. The van der Waals surface area contributed by atoms with Crippen molar-refractivity contribution in [2.24, 2.45) is 11.7 Å². The number of aliphatic hydroxyl groups is 1. The van der Waals surface area contributed by atoms with Crippen molar-refractivity contribution in [2.75, 3.05) is 18.9 Å². The molecule has 6 nitrogen and oxygen atoms in total. The second-order valence-electron chi connectivity index (χ2n) is 3.58. The van der Waals surface area contributed by atoms with Gasteiger partial charge in [0.25, 0.3) is 0 Å². The molecule has 0 aromatic rings. The highest BCUT2D eigenvalue weighted by atomic mass is 32.2. The summed E-state index contributed by atoms with van der Waals surface area (Å²) in [6, 6.07) is 0. The van der Waals surface area contributed by atoms with Gasteiger partial charge in [-0.3, -0.25) is 9.69 Å². The molecule has 0 spiro atoms. The van der Waals surface area contributed by atoms with E-state index in [1.165, 1.54) is 28.4 Å². The molecule has 1 saturated heterocycles. The Morgan fingerprint density at radius 2 is 2.29 bits per heavy atom. The third-order valence-electron chi connectivity index (χ3n) is 2.57. The highest BCUT2D eigenvalue weighted by Gasteiger charge is 2.55. The van der Waals surface area contributed by atoms with Gasteiger partial charge in [-0.2, -0.15) is 0 Å². The Morgan fingerprint density at radius 1 is 1.59 bits per heavy atom. The molecule has 0 radical (unpaired) electrons. The van der Waals surface area contributed by atoms with E-state index in [9.17, 15) is 9.59 Å². The minimum Gasteiger partial charge on any atom is -0.477 e. The molecule has 0 bridgehead atoms. The highest BCUT2D eigenvalue weighted by molar-refractivity contribution is 8.22. The fourth-order valence-corrected chi connectivity index (χ4v) is 4.41. The van der Waals surface area contributed by atoms with Gasteiger partial charge in [-0.25, -0.2) is 4.79 Å². The smallest absolute Gasteiger partial charge is 0.354 e. The van der Waals surface area contributed by atoms with Gasteiger partial charge in [-0.05, 0) is 0 Å². The molecule has 2 heterocycles. The Kier molecular flexibility index (Phi) is 3.67. The number of carboxylic acid groups (broad SMARTS) is 1. The molecule has 94 valence electrons. The first-order valence-corrected chi connectivity index (χ1v) is 6.89. The number of hydrogen-bond donors (Lipinski definition) is 3. The number of carbonyl (C=O) groups excluding carboxylic acids is 1. The van der Waals surface area contributed by atoms with Crippen molar-refractivity contribution in [3.8, 4) is 0 Å². The summed E-state index contributed by atoms with van der Waals surface area (Å²) in [6.45, 7) is 0.207. The summed E-state index contributed by atoms with van der Waals surface area (Å²) in [6.07, 6.45) is 0. The van der Waals surface area contributed by atoms with Crippen molar-refractivity contribution >= 4 is 35.4 Å². The summed E-state index contributed by atoms with van der Waals surface area (Å²) in [5.41, 5.74) is 5.41. The predicted molar refractivity (Wildman–Crippen MR) is 65.0 cm³/mol. The first kappa shape index (κ1) is 12.7. The van der Waals surface area contributed by atoms with E-state index in [1.54, 1.807) is 0 Å². The number of nitrogens with zero attached hydrogens (tertiary/aromatic N) is 1. The number of fused-ring (bicyclic) bond motifs is 1. The molecular formula is C9H12N2O4S2. The van der Waals surface area contributed by atoms with E-state index in [2.05, 4.69) is 0 Å². The van der Waals surface area contributed by atoms with E-state index >= 15 is 0 Å². The normalized spacial score (nSPS) is 27.2. The molecule has 2 rings (SSSR count).